The average Bonchev–Trinajstić information content (AvgIpc) is 3.04. The molecule has 10 heteroatoms. The largest absolute Gasteiger partial charge is 0.328 e. The van der Waals surface area contributed by atoms with E-state index in [2.05, 4.69) is 23.1 Å². The molecule has 2 aromatic rings. The third kappa shape index (κ3) is 6.21. The second-order valence-electron chi connectivity index (χ2n) is 5.25. The van der Waals surface area contributed by atoms with Crippen LogP contribution >= 0.6 is 23.2 Å². The first-order valence-corrected chi connectivity index (χ1v) is 8.12. The summed E-state index contributed by atoms with van der Waals surface area (Å²) in [5, 5.41) is 28.7. The van der Waals surface area contributed by atoms with Crippen molar-refractivity contribution in [3.05, 3.63) is 56.6 Å². The number of aromatic nitrogens is 3. The van der Waals surface area contributed by atoms with Crippen molar-refractivity contribution in [3.8, 4) is 6.07 Å². The van der Waals surface area contributed by atoms with Gasteiger partial charge in [0.05, 0.1) is 12.6 Å². The molecular weight excluding hydrogens is 369 g/mol. The minimum absolute atomic E-state index is 0.421. The predicted octanol–water partition coefficient (Wildman–Crippen LogP) is 3.89. The van der Waals surface area contributed by atoms with Gasteiger partial charge in [-0.2, -0.15) is 10.4 Å². The average molecular weight is 386 g/mol. The zero-order valence-corrected chi connectivity index (χ0v) is 15.0. The van der Waals surface area contributed by atoms with Crippen molar-refractivity contribution in [2.75, 3.05) is 0 Å². The number of unbranched alkanes of at least 4 members (excludes halogenated alkanes) is 1. The summed E-state index contributed by atoms with van der Waals surface area (Å²) < 4.78 is 1.67. The number of rotatable bonds is 6. The summed E-state index contributed by atoms with van der Waals surface area (Å²) in [5.41, 5.74) is 0.0609. The van der Waals surface area contributed by atoms with Gasteiger partial charge in [-0.1, -0.05) is 49.0 Å². The molecular formula is C15H17Cl2N5O3. The topological polar surface area (TPSA) is 118 Å². The number of benzene rings is 1. The molecule has 0 saturated carbocycles. The van der Waals surface area contributed by atoms with Crippen LogP contribution in [0.3, 0.4) is 0 Å². The fraction of sp³-hybridized carbons (Fsp3) is 0.400. The fourth-order valence-electron chi connectivity index (χ4n) is 2.40. The van der Waals surface area contributed by atoms with Gasteiger partial charge in [0.25, 0.3) is 5.09 Å². The highest BCUT2D eigenvalue weighted by Crippen LogP contribution is 2.37. The van der Waals surface area contributed by atoms with Crippen molar-refractivity contribution in [2.24, 2.45) is 0 Å². The van der Waals surface area contributed by atoms with Gasteiger partial charge in [-0.05, 0) is 24.1 Å². The lowest BCUT2D eigenvalue weighted by molar-refractivity contribution is -0.742. The Morgan fingerprint density at radius 2 is 2.16 bits per heavy atom. The lowest BCUT2D eigenvalue weighted by Crippen LogP contribution is -2.31. The van der Waals surface area contributed by atoms with Crippen LogP contribution in [0.15, 0.2) is 30.9 Å². The third-order valence-electron chi connectivity index (χ3n) is 3.52. The zero-order chi connectivity index (χ0) is 18.9. The maximum atomic E-state index is 9.85. The number of nitrogens with zero attached hydrogens (tertiary/aromatic N) is 5. The van der Waals surface area contributed by atoms with E-state index in [1.54, 1.807) is 23.1 Å². The lowest BCUT2D eigenvalue weighted by Gasteiger charge is -2.28. The van der Waals surface area contributed by atoms with E-state index in [-0.39, 0.29) is 0 Å². The second-order valence-corrected chi connectivity index (χ2v) is 6.10. The Morgan fingerprint density at radius 1 is 1.48 bits per heavy atom. The number of hydrogen-bond acceptors (Lipinski definition) is 5. The molecule has 8 nitrogen and oxygen atoms in total. The van der Waals surface area contributed by atoms with Gasteiger partial charge in [0, 0.05) is 10.0 Å². The summed E-state index contributed by atoms with van der Waals surface area (Å²) in [7, 11) is 0. The highest BCUT2D eigenvalue weighted by Gasteiger charge is 2.34. The summed E-state index contributed by atoms with van der Waals surface area (Å²) in [5.74, 6) is 0. The first-order valence-electron chi connectivity index (χ1n) is 7.37. The normalized spacial score (nSPS) is 12.4. The van der Waals surface area contributed by atoms with Crippen molar-refractivity contribution in [3.63, 3.8) is 0 Å². The molecule has 1 unspecified atom stereocenters. The molecule has 0 radical (unpaired) electrons. The molecule has 1 aromatic carbocycles. The molecule has 0 spiro atoms. The summed E-state index contributed by atoms with van der Waals surface area (Å²) in [6.07, 6.45) is 5.72. The quantitative estimate of drug-likeness (QED) is 0.594. The van der Waals surface area contributed by atoms with Gasteiger partial charge >= 0.3 is 0 Å². The Morgan fingerprint density at radius 3 is 2.64 bits per heavy atom. The zero-order valence-electron chi connectivity index (χ0n) is 13.5. The molecule has 0 bridgehead atoms. The van der Waals surface area contributed by atoms with Crippen LogP contribution < -0.4 is 0 Å². The minimum Gasteiger partial charge on any atom is -0.328 e. The maximum absolute atomic E-state index is 9.85. The highest BCUT2D eigenvalue weighted by atomic mass is 35.5. The molecule has 0 aliphatic rings. The van der Waals surface area contributed by atoms with Crippen molar-refractivity contribution in [1.82, 2.24) is 14.8 Å². The Labute approximate surface area is 154 Å². The van der Waals surface area contributed by atoms with Crippen LogP contribution in [-0.2, 0) is 12.0 Å². The Balaban J connectivity index is 0.000000705. The molecule has 1 aromatic heterocycles. The van der Waals surface area contributed by atoms with Crippen LogP contribution in [0.25, 0.3) is 0 Å². The van der Waals surface area contributed by atoms with E-state index in [9.17, 15) is 5.26 Å². The molecule has 1 N–H and O–H groups in total. The van der Waals surface area contributed by atoms with E-state index >= 15 is 0 Å². The van der Waals surface area contributed by atoms with Gasteiger partial charge in [-0.25, -0.2) is 4.98 Å². The summed E-state index contributed by atoms with van der Waals surface area (Å²) in [4.78, 5) is 12.3. The molecule has 134 valence electrons. The molecule has 1 atom stereocenters. The lowest BCUT2D eigenvalue weighted by atomic mass is 9.77. The van der Waals surface area contributed by atoms with Crippen LogP contribution in [0.1, 0.15) is 31.7 Å². The number of halogens is 2. The third-order valence-corrected chi connectivity index (χ3v) is 4.06. The monoisotopic (exact) mass is 385 g/mol. The summed E-state index contributed by atoms with van der Waals surface area (Å²) >= 11 is 12.3. The van der Waals surface area contributed by atoms with E-state index in [0.717, 1.165) is 18.4 Å². The van der Waals surface area contributed by atoms with Crippen LogP contribution in [0.2, 0.25) is 10.0 Å². The maximum Gasteiger partial charge on any atom is 0.291 e. The molecule has 0 aliphatic carbocycles. The molecule has 0 aliphatic heterocycles. The molecule has 0 saturated heterocycles. The molecule has 25 heavy (non-hydrogen) atoms. The minimum atomic E-state index is -1.50. The highest BCUT2D eigenvalue weighted by molar-refractivity contribution is 6.35. The molecule has 0 fully saturated rings. The van der Waals surface area contributed by atoms with E-state index in [4.69, 9.17) is 38.5 Å². The van der Waals surface area contributed by atoms with Crippen LogP contribution in [0, 0.1) is 21.4 Å². The fourth-order valence-corrected chi connectivity index (χ4v) is 2.99. The Bertz CT molecular complexity index is 729. The van der Waals surface area contributed by atoms with Crippen molar-refractivity contribution in [2.45, 2.75) is 38.1 Å². The predicted molar refractivity (Wildman–Crippen MR) is 92.1 cm³/mol. The standard InChI is InChI=1S/C15H16Cl2N4.HNO3/c1-2-3-6-15(8-18,9-21-11-19-10-20-21)13-5-4-12(16)7-14(13)17;2-1(3)4/h4-5,7,10-11H,2-3,6,9H2,1H3;(H,2,3,4). The second kappa shape index (κ2) is 9.81. The molecule has 0 amide bonds. The Kier molecular flexibility index (Phi) is 8.11. The smallest absolute Gasteiger partial charge is 0.291 e. The summed E-state index contributed by atoms with van der Waals surface area (Å²) in [6, 6.07) is 7.73. The van der Waals surface area contributed by atoms with E-state index in [1.165, 1.54) is 6.33 Å². The van der Waals surface area contributed by atoms with Gasteiger partial charge in [0.15, 0.2) is 0 Å². The van der Waals surface area contributed by atoms with Gasteiger partial charge in [0.1, 0.15) is 18.1 Å². The molecule has 2 rings (SSSR count). The van der Waals surface area contributed by atoms with Crippen LogP contribution in [-0.4, -0.2) is 25.1 Å². The van der Waals surface area contributed by atoms with Gasteiger partial charge in [-0.3, -0.25) is 4.68 Å². The van der Waals surface area contributed by atoms with E-state index in [0.29, 0.717) is 23.0 Å². The van der Waals surface area contributed by atoms with E-state index in [1.807, 2.05) is 6.07 Å². The SMILES string of the molecule is CCCCC(C#N)(Cn1cncn1)c1ccc(Cl)cc1Cl.O=[N+]([O-])O. The number of hydrogen-bond donors (Lipinski definition) is 1. The molecule has 1 heterocycles. The van der Waals surface area contributed by atoms with E-state index < -0.39 is 10.5 Å². The van der Waals surface area contributed by atoms with Crippen LogP contribution in [0.5, 0.6) is 0 Å². The van der Waals surface area contributed by atoms with Crippen molar-refractivity contribution < 1.29 is 10.3 Å². The van der Waals surface area contributed by atoms with Crippen molar-refractivity contribution >= 4 is 23.2 Å². The van der Waals surface area contributed by atoms with Gasteiger partial charge in [-0.15, -0.1) is 10.1 Å². The van der Waals surface area contributed by atoms with Gasteiger partial charge < -0.3 is 5.21 Å². The first kappa shape index (κ1) is 20.7. The first-order chi connectivity index (χ1) is 11.8. The van der Waals surface area contributed by atoms with Crippen LogP contribution in [0.4, 0.5) is 0 Å². The summed E-state index contributed by atoms with van der Waals surface area (Å²) in [6.45, 7) is 2.52. The number of nitriles is 1. The Hall–Kier alpha value is -2.37. The van der Waals surface area contributed by atoms with Crippen molar-refractivity contribution in [1.29, 1.82) is 5.26 Å². The van der Waals surface area contributed by atoms with Gasteiger partial charge in [0.2, 0.25) is 0 Å².